The predicted octanol–water partition coefficient (Wildman–Crippen LogP) is 2.37. The molecule has 0 saturated carbocycles. The number of anilines is 1. The maximum Gasteiger partial charge on any atom is 0.122 e. The number of benzene rings is 1. The highest BCUT2D eigenvalue weighted by Crippen LogP contribution is 2.30. The van der Waals surface area contributed by atoms with Gasteiger partial charge in [-0.1, -0.05) is 12.5 Å². The van der Waals surface area contributed by atoms with E-state index in [0.717, 1.165) is 43.6 Å². The quantitative estimate of drug-likeness (QED) is 0.631. The summed E-state index contributed by atoms with van der Waals surface area (Å²) in [6.45, 7) is 6.76. The van der Waals surface area contributed by atoms with Crippen LogP contribution in [-0.2, 0) is 0 Å². The molecule has 108 valence electrons. The normalized spacial score (nSPS) is 12.4. The van der Waals surface area contributed by atoms with Crippen molar-refractivity contribution in [2.75, 3.05) is 24.5 Å². The van der Waals surface area contributed by atoms with E-state index in [2.05, 4.69) is 18.7 Å². The van der Waals surface area contributed by atoms with Gasteiger partial charge >= 0.3 is 0 Å². The largest absolute Gasteiger partial charge is 0.508 e. The minimum atomic E-state index is -0.114. The molecular formula is C15H27N3O. The monoisotopic (exact) mass is 265 g/mol. The predicted molar refractivity (Wildman–Crippen MR) is 81.5 cm³/mol. The highest BCUT2D eigenvalue weighted by molar-refractivity contribution is 5.53. The van der Waals surface area contributed by atoms with E-state index in [1.165, 1.54) is 0 Å². The molecule has 0 aliphatic heterocycles. The molecule has 0 fully saturated rings. The molecular weight excluding hydrogens is 238 g/mol. The Morgan fingerprint density at radius 3 is 2.42 bits per heavy atom. The minimum Gasteiger partial charge on any atom is -0.508 e. The fraction of sp³-hybridized carbons (Fsp3) is 0.600. The van der Waals surface area contributed by atoms with E-state index in [9.17, 15) is 5.11 Å². The number of hydrogen-bond acceptors (Lipinski definition) is 4. The molecule has 0 aliphatic rings. The van der Waals surface area contributed by atoms with Crippen molar-refractivity contribution in [1.82, 2.24) is 0 Å². The lowest BCUT2D eigenvalue weighted by atomic mass is 10.0. The van der Waals surface area contributed by atoms with Gasteiger partial charge in [0, 0.05) is 36.4 Å². The van der Waals surface area contributed by atoms with Crippen molar-refractivity contribution < 1.29 is 5.11 Å². The molecule has 1 rings (SSSR count). The average Bonchev–Trinajstić information content (AvgIpc) is 2.40. The van der Waals surface area contributed by atoms with Crippen LogP contribution in [0.5, 0.6) is 5.75 Å². The van der Waals surface area contributed by atoms with Crippen molar-refractivity contribution in [3.05, 3.63) is 23.8 Å². The van der Waals surface area contributed by atoms with Crippen LogP contribution >= 0.6 is 0 Å². The topological polar surface area (TPSA) is 75.5 Å². The summed E-state index contributed by atoms with van der Waals surface area (Å²) in [4.78, 5) is 2.20. The summed E-state index contributed by atoms with van der Waals surface area (Å²) in [6, 6.07) is 5.67. The lowest BCUT2D eigenvalue weighted by molar-refractivity contribution is 0.456. The molecule has 1 atom stereocenters. The molecule has 0 saturated heterocycles. The lowest BCUT2D eigenvalue weighted by Gasteiger charge is -2.22. The molecule has 1 aromatic rings. The van der Waals surface area contributed by atoms with E-state index in [1.54, 1.807) is 0 Å². The number of hydrogen-bond donors (Lipinski definition) is 3. The molecule has 0 radical (unpaired) electrons. The Hall–Kier alpha value is -1.26. The van der Waals surface area contributed by atoms with Gasteiger partial charge in [-0.25, -0.2) is 0 Å². The molecule has 0 heterocycles. The molecule has 4 nitrogen and oxygen atoms in total. The van der Waals surface area contributed by atoms with Gasteiger partial charge in [-0.05, 0) is 39.3 Å². The number of phenols is 1. The lowest BCUT2D eigenvalue weighted by Crippen LogP contribution is -2.21. The summed E-state index contributed by atoms with van der Waals surface area (Å²) >= 11 is 0. The Kier molecular flexibility index (Phi) is 6.67. The van der Waals surface area contributed by atoms with Gasteiger partial charge in [-0.15, -0.1) is 0 Å². The zero-order valence-corrected chi connectivity index (χ0v) is 12.1. The van der Waals surface area contributed by atoms with Gasteiger partial charge in [0.1, 0.15) is 5.75 Å². The second-order valence-electron chi connectivity index (χ2n) is 4.81. The molecule has 0 aromatic heterocycles. The fourth-order valence-corrected chi connectivity index (χ4v) is 2.30. The molecule has 0 amide bonds. The molecule has 0 bridgehead atoms. The smallest absolute Gasteiger partial charge is 0.122 e. The van der Waals surface area contributed by atoms with Crippen molar-refractivity contribution in [3.8, 4) is 5.75 Å². The Morgan fingerprint density at radius 1 is 1.21 bits per heavy atom. The van der Waals surface area contributed by atoms with Crippen LogP contribution in [0, 0.1) is 0 Å². The van der Waals surface area contributed by atoms with E-state index in [4.69, 9.17) is 11.5 Å². The van der Waals surface area contributed by atoms with Crippen LogP contribution in [0.3, 0.4) is 0 Å². The number of phenolic OH excluding ortho intramolecular Hbond substituents is 1. The first-order chi connectivity index (χ1) is 9.13. The van der Waals surface area contributed by atoms with Crippen LogP contribution in [-0.4, -0.2) is 24.7 Å². The number of unbranched alkanes of at least 4 members (excludes halogenated alkanes) is 1. The van der Waals surface area contributed by atoms with Crippen molar-refractivity contribution in [1.29, 1.82) is 0 Å². The Balaban J connectivity index is 2.76. The average molecular weight is 265 g/mol. The van der Waals surface area contributed by atoms with Crippen LogP contribution in [0.1, 0.15) is 44.7 Å². The highest BCUT2D eigenvalue weighted by Gasteiger charge is 2.12. The molecule has 0 spiro atoms. The van der Waals surface area contributed by atoms with E-state index in [1.807, 2.05) is 18.2 Å². The number of aromatic hydroxyl groups is 1. The van der Waals surface area contributed by atoms with Crippen LogP contribution in [0.25, 0.3) is 0 Å². The second-order valence-corrected chi connectivity index (χ2v) is 4.81. The fourth-order valence-electron chi connectivity index (χ4n) is 2.30. The summed E-state index contributed by atoms with van der Waals surface area (Å²) in [5.74, 6) is 0.296. The molecule has 4 heteroatoms. The first-order valence-corrected chi connectivity index (χ1v) is 7.17. The third kappa shape index (κ3) is 4.40. The first kappa shape index (κ1) is 15.8. The number of rotatable bonds is 8. The third-order valence-electron chi connectivity index (χ3n) is 3.51. The van der Waals surface area contributed by atoms with E-state index in [-0.39, 0.29) is 6.04 Å². The summed E-state index contributed by atoms with van der Waals surface area (Å²) in [5.41, 5.74) is 13.5. The SMILES string of the molecule is CCN(CC)c1ccc([C@H](N)CCCCN)c(O)c1. The van der Waals surface area contributed by atoms with Gasteiger partial charge < -0.3 is 21.5 Å². The van der Waals surface area contributed by atoms with E-state index < -0.39 is 0 Å². The maximum absolute atomic E-state index is 10.1. The first-order valence-electron chi connectivity index (χ1n) is 7.17. The van der Waals surface area contributed by atoms with Gasteiger partial charge in [-0.3, -0.25) is 0 Å². The number of nitrogens with zero attached hydrogens (tertiary/aromatic N) is 1. The van der Waals surface area contributed by atoms with E-state index in [0.29, 0.717) is 12.3 Å². The van der Waals surface area contributed by atoms with Gasteiger partial charge in [0.25, 0.3) is 0 Å². The Morgan fingerprint density at radius 2 is 1.89 bits per heavy atom. The van der Waals surface area contributed by atoms with E-state index >= 15 is 0 Å². The molecule has 1 aromatic carbocycles. The minimum absolute atomic E-state index is 0.114. The maximum atomic E-state index is 10.1. The molecule has 19 heavy (non-hydrogen) atoms. The van der Waals surface area contributed by atoms with Gasteiger partial charge in [0.05, 0.1) is 0 Å². The van der Waals surface area contributed by atoms with Gasteiger partial charge in [-0.2, -0.15) is 0 Å². The van der Waals surface area contributed by atoms with Crippen LogP contribution < -0.4 is 16.4 Å². The van der Waals surface area contributed by atoms with Crippen molar-refractivity contribution in [3.63, 3.8) is 0 Å². The highest BCUT2D eigenvalue weighted by atomic mass is 16.3. The summed E-state index contributed by atoms with van der Waals surface area (Å²) in [7, 11) is 0. The van der Waals surface area contributed by atoms with Crippen molar-refractivity contribution >= 4 is 5.69 Å². The zero-order chi connectivity index (χ0) is 14.3. The van der Waals surface area contributed by atoms with Crippen LogP contribution in [0.2, 0.25) is 0 Å². The van der Waals surface area contributed by atoms with Crippen LogP contribution in [0.15, 0.2) is 18.2 Å². The Bertz CT molecular complexity index is 378. The standard InChI is InChI=1S/C15H27N3O/c1-3-18(4-2)12-8-9-13(15(19)11-12)14(17)7-5-6-10-16/h8-9,11,14,19H,3-7,10,16-17H2,1-2H3/t14-/m1/s1. The molecule has 0 unspecified atom stereocenters. The number of nitrogens with two attached hydrogens (primary N) is 2. The summed E-state index contributed by atoms with van der Waals surface area (Å²) in [6.07, 6.45) is 2.83. The van der Waals surface area contributed by atoms with Crippen LogP contribution in [0.4, 0.5) is 5.69 Å². The van der Waals surface area contributed by atoms with Crippen molar-refractivity contribution in [2.45, 2.75) is 39.2 Å². The zero-order valence-electron chi connectivity index (χ0n) is 12.1. The van der Waals surface area contributed by atoms with Crippen molar-refractivity contribution in [2.24, 2.45) is 11.5 Å². The molecule has 5 N–H and O–H groups in total. The summed E-state index contributed by atoms with van der Waals surface area (Å²) in [5, 5.41) is 10.1. The second kappa shape index (κ2) is 8.02. The Labute approximate surface area is 116 Å². The van der Waals surface area contributed by atoms with Gasteiger partial charge in [0.15, 0.2) is 0 Å². The summed E-state index contributed by atoms with van der Waals surface area (Å²) < 4.78 is 0. The van der Waals surface area contributed by atoms with Gasteiger partial charge in [0.2, 0.25) is 0 Å². The molecule has 0 aliphatic carbocycles. The third-order valence-corrected chi connectivity index (χ3v) is 3.51.